The average Bonchev–Trinajstić information content (AvgIpc) is 2.38. The summed E-state index contributed by atoms with van der Waals surface area (Å²) in [5.41, 5.74) is 2.70. The number of carbonyl (C=O) groups is 1. The number of hydrogen-bond donors (Lipinski definition) is 3. The van der Waals surface area contributed by atoms with Crippen LogP contribution in [0.25, 0.3) is 0 Å². The maximum absolute atomic E-state index is 10.7. The quantitative estimate of drug-likeness (QED) is 0.710. The molecule has 2 atom stereocenters. The Hall–Kier alpha value is -1.59. The van der Waals surface area contributed by atoms with Crippen molar-refractivity contribution in [1.29, 1.82) is 0 Å². The van der Waals surface area contributed by atoms with Gasteiger partial charge in [0.15, 0.2) is 0 Å². The van der Waals surface area contributed by atoms with Crippen molar-refractivity contribution in [1.82, 2.24) is 5.32 Å². The smallest absolute Gasteiger partial charge is 0.303 e. The number of aryl methyl sites for hydroxylation is 2. The summed E-state index contributed by atoms with van der Waals surface area (Å²) in [5, 5.41) is 22.3. The van der Waals surface area contributed by atoms with E-state index in [1.165, 1.54) is 0 Å². The molecule has 0 aliphatic carbocycles. The number of nitrogens with one attached hydrogen (secondary N) is 1. The Bertz CT molecular complexity index is 450. The molecule has 0 saturated carbocycles. The summed E-state index contributed by atoms with van der Waals surface area (Å²) in [4.78, 5) is 10.7. The van der Waals surface area contributed by atoms with Crippen LogP contribution >= 0.6 is 0 Å². The summed E-state index contributed by atoms with van der Waals surface area (Å²) in [6.07, 6.45) is -0.348. The zero-order chi connectivity index (χ0) is 15.3. The summed E-state index contributed by atoms with van der Waals surface area (Å²) in [6, 6.07) is 3.45. The van der Waals surface area contributed by atoms with Crippen LogP contribution in [0.3, 0.4) is 0 Å². The highest BCUT2D eigenvalue weighted by molar-refractivity contribution is 5.66. The molecular formula is C15H23NO4. The van der Waals surface area contributed by atoms with Crippen molar-refractivity contribution in [2.45, 2.75) is 38.8 Å². The third-order valence-electron chi connectivity index (χ3n) is 3.52. The molecular weight excluding hydrogens is 258 g/mol. The number of ether oxygens (including phenoxy) is 1. The summed E-state index contributed by atoms with van der Waals surface area (Å²) in [6.45, 7) is 3.83. The number of rotatable bonds is 7. The van der Waals surface area contributed by atoms with Crippen LogP contribution < -0.4 is 10.1 Å². The molecule has 2 unspecified atom stereocenters. The van der Waals surface area contributed by atoms with E-state index in [0.717, 1.165) is 22.4 Å². The highest BCUT2D eigenvalue weighted by Crippen LogP contribution is 2.29. The molecule has 0 spiro atoms. The Balaban J connectivity index is 3.00. The molecule has 0 aliphatic heterocycles. The Labute approximate surface area is 119 Å². The fourth-order valence-corrected chi connectivity index (χ4v) is 2.46. The SMILES string of the molecule is CNC(CCC(=O)O)C(O)c1c(C)cc(OC)cc1C. The molecule has 0 radical (unpaired) electrons. The van der Waals surface area contributed by atoms with Gasteiger partial charge in [-0.2, -0.15) is 0 Å². The highest BCUT2D eigenvalue weighted by atomic mass is 16.5. The number of aliphatic hydroxyl groups is 1. The van der Waals surface area contributed by atoms with Crippen molar-refractivity contribution < 1.29 is 19.7 Å². The van der Waals surface area contributed by atoms with Gasteiger partial charge in [-0.25, -0.2) is 0 Å². The van der Waals surface area contributed by atoms with E-state index < -0.39 is 12.1 Å². The minimum Gasteiger partial charge on any atom is -0.497 e. The van der Waals surface area contributed by atoms with Crippen LogP contribution in [0.4, 0.5) is 0 Å². The zero-order valence-electron chi connectivity index (χ0n) is 12.4. The molecule has 1 aromatic rings. The second-order valence-electron chi connectivity index (χ2n) is 4.95. The Kier molecular flexibility index (Phi) is 5.98. The lowest BCUT2D eigenvalue weighted by Gasteiger charge is -2.25. The number of methoxy groups -OCH3 is 1. The second kappa shape index (κ2) is 7.26. The number of carboxylic acid groups (broad SMARTS) is 1. The second-order valence-corrected chi connectivity index (χ2v) is 4.95. The first-order valence-corrected chi connectivity index (χ1v) is 6.63. The molecule has 5 nitrogen and oxygen atoms in total. The van der Waals surface area contributed by atoms with E-state index in [1.54, 1.807) is 14.2 Å². The summed E-state index contributed by atoms with van der Waals surface area (Å²) >= 11 is 0. The van der Waals surface area contributed by atoms with E-state index in [0.29, 0.717) is 6.42 Å². The molecule has 20 heavy (non-hydrogen) atoms. The van der Waals surface area contributed by atoms with Crippen molar-refractivity contribution in [3.63, 3.8) is 0 Å². The van der Waals surface area contributed by atoms with E-state index in [-0.39, 0.29) is 12.5 Å². The number of benzene rings is 1. The number of hydrogen-bond acceptors (Lipinski definition) is 4. The van der Waals surface area contributed by atoms with Gasteiger partial charge >= 0.3 is 5.97 Å². The minimum atomic E-state index is -0.861. The van der Waals surface area contributed by atoms with Crippen molar-refractivity contribution in [2.24, 2.45) is 0 Å². The van der Waals surface area contributed by atoms with Crippen LogP contribution in [0.1, 0.15) is 35.6 Å². The third-order valence-corrected chi connectivity index (χ3v) is 3.52. The van der Waals surface area contributed by atoms with Gasteiger partial charge in [-0.3, -0.25) is 4.79 Å². The molecule has 1 rings (SSSR count). The van der Waals surface area contributed by atoms with Gasteiger partial charge in [0.25, 0.3) is 0 Å². The molecule has 5 heteroatoms. The lowest BCUT2D eigenvalue weighted by molar-refractivity contribution is -0.137. The monoisotopic (exact) mass is 281 g/mol. The maximum atomic E-state index is 10.7. The van der Waals surface area contributed by atoms with Gasteiger partial charge in [0.2, 0.25) is 0 Å². The van der Waals surface area contributed by atoms with Crippen LogP contribution in [-0.2, 0) is 4.79 Å². The fourth-order valence-electron chi connectivity index (χ4n) is 2.46. The van der Waals surface area contributed by atoms with E-state index in [2.05, 4.69) is 5.32 Å². The molecule has 1 aromatic carbocycles. The molecule has 3 N–H and O–H groups in total. The third kappa shape index (κ3) is 3.95. The number of aliphatic carboxylic acids is 1. The first kappa shape index (κ1) is 16.5. The molecule has 0 aliphatic rings. The molecule has 0 fully saturated rings. The van der Waals surface area contributed by atoms with Gasteiger partial charge in [0.1, 0.15) is 5.75 Å². The number of likely N-dealkylation sites (N-methyl/N-ethyl adjacent to an activating group) is 1. The molecule has 0 saturated heterocycles. The van der Waals surface area contributed by atoms with Gasteiger partial charge < -0.3 is 20.3 Å². The highest BCUT2D eigenvalue weighted by Gasteiger charge is 2.23. The van der Waals surface area contributed by atoms with Crippen molar-refractivity contribution >= 4 is 5.97 Å². The average molecular weight is 281 g/mol. The van der Waals surface area contributed by atoms with Crippen LogP contribution in [-0.4, -0.2) is 36.4 Å². The van der Waals surface area contributed by atoms with Gasteiger partial charge in [0, 0.05) is 12.5 Å². The molecule has 0 amide bonds. The summed E-state index contributed by atoms with van der Waals surface area (Å²) in [5.74, 6) is -0.108. The Morgan fingerprint density at radius 2 is 1.90 bits per heavy atom. The number of carboxylic acids is 1. The van der Waals surface area contributed by atoms with E-state index in [4.69, 9.17) is 9.84 Å². The molecule has 112 valence electrons. The van der Waals surface area contributed by atoms with Crippen LogP contribution in [0.15, 0.2) is 12.1 Å². The van der Waals surface area contributed by atoms with Gasteiger partial charge in [-0.1, -0.05) is 0 Å². The molecule has 0 aromatic heterocycles. The van der Waals surface area contributed by atoms with E-state index >= 15 is 0 Å². The largest absolute Gasteiger partial charge is 0.497 e. The number of aliphatic hydroxyl groups excluding tert-OH is 1. The first-order chi connectivity index (χ1) is 9.40. The van der Waals surface area contributed by atoms with E-state index in [1.807, 2.05) is 26.0 Å². The maximum Gasteiger partial charge on any atom is 0.303 e. The predicted molar refractivity (Wildman–Crippen MR) is 77.1 cm³/mol. The Morgan fingerprint density at radius 1 is 1.35 bits per heavy atom. The van der Waals surface area contributed by atoms with Crippen molar-refractivity contribution in [2.75, 3.05) is 14.2 Å². The molecule has 0 heterocycles. The van der Waals surface area contributed by atoms with Crippen LogP contribution in [0, 0.1) is 13.8 Å². The van der Waals surface area contributed by atoms with Gasteiger partial charge in [-0.15, -0.1) is 0 Å². The lowest BCUT2D eigenvalue weighted by Crippen LogP contribution is -2.33. The summed E-state index contributed by atoms with van der Waals surface area (Å²) < 4.78 is 5.20. The van der Waals surface area contributed by atoms with Crippen molar-refractivity contribution in [3.05, 3.63) is 28.8 Å². The lowest BCUT2D eigenvalue weighted by atomic mass is 9.91. The summed E-state index contributed by atoms with van der Waals surface area (Å²) in [7, 11) is 3.33. The van der Waals surface area contributed by atoms with Gasteiger partial charge in [0.05, 0.1) is 13.2 Å². The van der Waals surface area contributed by atoms with E-state index in [9.17, 15) is 9.90 Å². The Morgan fingerprint density at radius 3 is 2.30 bits per heavy atom. The van der Waals surface area contributed by atoms with Crippen LogP contribution in [0.5, 0.6) is 5.75 Å². The predicted octanol–water partition coefficient (Wildman–Crippen LogP) is 1.80. The standard InChI is InChI=1S/C15H23NO4/c1-9-7-11(20-4)8-10(2)14(9)15(19)12(16-3)5-6-13(17)18/h7-8,12,15-16,19H,5-6H2,1-4H3,(H,17,18). The minimum absolute atomic E-state index is 0.0246. The zero-order valence-corrected chi connectivity index (χ0v) is 12.4. The van der Waals surface area contributed by atoms with Crippen molar-refractivity contribution in [3.8, 4) is 5.75 Å². The van der Waals surface area contributed by atoms with Crippen LogP contribution in [0.2, 0.25) is 0 Å². The fraction of sp³-hybridized carbons (Fsp3) is 0.533. The molecule has 0 bridgehead atoms. The normalized spacial score (nSPS) is 13.8. The topological polar surface area (TPSA) is 78.8 Å². The first-order valence-electron chi connectivity index (χ1n) is 6.63. The van der Waals surface area contributed by atoms with Gasteiger partial charge in [-0.05, 0) is 56.1 Å².